The van der Waals surface area contributed by atoms with Crippen molar-refractivity contribution in [1.82, 2.24) is 0 Å². The molecule has 6 heteroatoms. The zero-order chi connectivity index (χ0) is 13.1. The van der Waals surface area contributed by atoms with E-state index in [1.165, 1.54) is 7.11 Å². The average molecular weight is 249 g/mol. The predicted molar refractivity (Wildman–Crippen MR) is 58.3 cm³/mol. The molecule has 96 valence electrons. The molecule has 0 fully saturated rings. The number of aliphatic hydroxyl groups excluding tert-OH is 1. The molecule has 0 aliphatic heterocycles. The molecule has 0 saturated carbocycles. The van der Waals surface area contributed by atoms with Crippen molar-refractivity contribution < 1.29 is 23.0 Å². The minimum Gasteiger partial charge on any atom is -0.497 e. The van der Waals surface area contributed by atoms with Gasteiger partial charge in [0, 0.05) is 12.2 Å². The molecule has 0 heterocycles. The van der Waals surface area contributed by atoms with Gasteiger partial charge in [-0.2, -0.15) is 13.2 Å². The molecule has 17 heavy (non-hydrogen) atoms. The van der Waals surface area contributed by atoms with E-state index in [4.69, 9.17) is 9.84 Å². The van der Waals surface area contributed by atoms with E-state index in [0.29, 0.717) is 11.4 Å². The Morgan fingerprint density at radius 2 is 2.06 bits per heavy atom. The van der Waals surface area contributed by atoms with Crippen LogP contribution in [0, 0.1) is 6.92 Å². The van der Waals surface area contributed by atoms with Crippen LogP contribution in [0.1, 0.15) is 5.56 Å². The lowest BCUT2D eigenvalue weighted by atomic mass is 10.2. The molecule has 2 N–H and O–H groups in total. The second-order valence-electron chi connectivity index (χ2n) is 3.62. The van der Waals surface area contributed by atoms with Crippen molar-refractivity contribution in [1.29, 1.82) is 0 Å². The Kier molecular flexibility index (Phi) is 4.22. The molecule has 0 radical (unpaired) electrons. The van der Waals surface area contributed by atoms with Gasteiger partial charge in [-0.25, -0.2) is 0 Å². The number of aryl methyl sites for hydroxylation is 1. The number of rotatable bonds is 4. The lowest BCUT2D eigenvalue weighted by Gasteiger charge is -2.17. The number of methoxy groups -OCH3 is 1. The second-order valence-corrected chi connectivity index (χ2v) is 3.62. The molecule has 1 rings (SSSR count). The summed E-state index contributed by atoms with van der Waals surface area (Å²) in [6, 6.07) is 4.94. The molecule has 0 aromatic heterocycles. The highest BCUT2D eigenvalue weighted by Crippen LogP contribution is 2.23. The van der Waals surface area contributed by atoms with Crippen LogP contribution in [0.15, 0.2) is 18.2 Å². The van der Waals surface area contributed by atoms with Gasteiger partial charge in [0.25, 0.3) is 0 Å². The van der Waals surface area contributed by atoms with Crippen molar-refractivity contribution in [3.05, 3.63) is 23.8 Å². The summed E-state index contributed by atoms with van der Waals surface area (Å²) in [5.41, 5.74) is 1.29. The van der Waals surface area contributed by atoms with E-state index in [1.54, 1.807) is 25.1 Å². The fraction of sp³-hybridized carbons (Fsp3) is 0.455. The van der Waals surface area contributed by atoms with Crippen LogP contribution in [0.5, 0.6) is 5.75 Å². The normalized spacial score (nSPS) is 13.3. The van der Waals surface area contributed by atoms with Crippen LogP contribution < -0.4 is 10.1 Å². The van der Waals surface area contributed by atoms with Gasteiger partial charge >= 0.3 is 6.18 Å². The van der Waals surface area contributed by atoms with Crippen LogP contribution in [0.25, 0.3) is 0 Å². The molecule has 0 saturated heterocycles. The quantitative estimate of drug-likeness (QED) is 0.860. The monoisotopic (exact) mass is 249 g/mol. The van der Waals surface area contributed by atoms with Crippen LogP contribution in [-0.2, 0) is 0 Å². The summed E-state index contributed by atoms with van der Waals surface area (Å²) in [4.78, 5) is 0. The molecule has 0 spiro atoms. The lowest BCUT2D eigenvalue weighted by Crippen LogP contribution is -2.35. The number of hydrogen-bond donors (Lipinski definition) is 2. The van der Waals surface area contributed by atoms with Crippen molar-refractivity contribution in [2.75, 3.05) is 19.0 Å². The second kappa shape index (κ2) is 5.27. The van der Waals surface area contributed by atoms with Gasteiger partial charge in [-0.15, -0.1) is 0 Å². The molecule has 0 bridgehead atoms. The minimum absolute atomic E-state index is 0.536. The van der Waals surface area contributed by atoms with Crippen LogP contribution >= 0.6 is 0 Å². The lowest BCUT2D eigenvalue weighted by molar-refractivity contribution is -0.198. The number of halogens is 3. The fourth-order valence-electron chi connectivity index (χ4n) is 1.28. The maximum absolute atomic E-state index is 12.1. The predicted octanol–water partition coefficient (Wildman–Crippen LogP) is 2.34. The maximum Gasteiger partial charge on any atom is 0.416 e. The molecule has 1 aromatic rings. The zero-order valence-electron chi connectivity index (χ0n) is 9.51. The molecule has 1 atom stereocenters. The van der Waals surface area contributed by atoms with Crippen LogP contribution in [0.4, 0.5) is 18.9 Å². The largest absolute Gasteiger partial charge is 0.497 e. The number of hydrogen-bond acceptors (Lipinski definition) is 3. The summed E-state index contributed by atoms with van der Waals surface area (Å²) < 4.78 is 41.2. The fourth-order valence-corrected chi connectivity index (χ4v) is 1.28. The average Bonchev–Trinajstić information content (AvgIpc) is 2.25. The first-order chi connectivity index (χ1) is 7.84. The number of nitrogens with one attached hydrogen (secondary N) is 1. The van der Waals surface area contributed by atoms with Crippen molar-refractivity contribution in [2.24, 2.45) is 0 Å². The summed E-state index contributed by atoms with van der Waals surface area (Å²) in [6.07, 6.45) is -6.98. The highest BCUT2D eigenvalue weighted by atomic mass is 19.4. The Hall–Kier alpha value is -1.43. The molecule has 1 aromatic carbocycles. The van der Waals surface area contributed by atoms with Gasteiger partial charge in [0.2, 0.25) is 0 Å². The first kappa shape index (κ1) is 13.6. The third-order valence-corrected chi connectivity index (χ3v) is 2.30. The SMILES string of the molecule is COc1ccc(NCC(O)C(F)(F)F)c(C)c1. The number of alkyl halides is 3. The van der Waals surface area contributed by atoms with E-state index in [9.17, 15) is 13.2 Å². The van der Waals surface area contributed by atoms with E-state index in [1.807, 2.05) is 0 Å². The van der Waals surface area contributed by atoms with Gasteiger partial charge in [-0.3, -0.25) is 0 Å². The topological polar surface area (TPSA) is 41.5 Å². The van der Waals surface area contributed by atoms with E-state index >= 15 is 0 Å². The van der Waals surface area contributed by atoms with Gasteiger partial charge in [0.1, 0.15) is 5.75 Å². The summed E-state index contributed by atoms with van der Waals surface area (Å²) in [7, 11) is 1.51. The van der Waals surface area contributed by atoms with Gasteiger partial charge in [0.15, 0.2) is 6.10 Å². The third-order valence-electron chi connectivity index (χ3n) is 2.30. The third kappa shape index (κ3) is 3.81. The number of aliphatic hydroxyl groups is 1. The molecule has 0 aliphatic carbocycles. The Bertz CT molecular complexity index is 379. The van der Waals surface area contributed by atoms with Crippen molar-refractivity contribution in [2.45, 2.75) is 19.2 Å². The van der Waals surface area contributed by atoms with Gasteiger partial charge in [-0.05, 0) is 30.7 Å². The molecular formula is C11H14F3NO2. The number of ether oxygens (including phenoxy) is 1. The van der Waals surface area contributed by atoms with Crippen molar-refractivity contribution >= 4 is 5.69 Å². The molecule has 0 aliphatic rings. The minimum atomic E-state index is -4.60. The Morgan fingerprint density at radius 1 is 1.41 bits per heavy atom. The Balaban J connectivity index is 2.64. The van der Waals surface area contributed by atoms with E-state index < -0.39 is 18.8 Å². The maximum atomic E-state index is 12.1. The molecule has 0 amide bonds. The molecule has 3 nitrogen and oxygen atoms in total. The molecule has 1 unspecified atom stereocenters. The summed E-state index contributed by atoms with van der Waals surface area (Å²) in [6.45, 7) is 1.17. The standard InChI is InChI=1S/C11H14F3NO2/c1-7-5-8(17-2)3-4-9(7)15-6-10(16)11(12,13)14/h3-5,10,15-16H,6H2,1-2H3. The van der Waals surface area contributed by atoms with Crippen LogP contribution in [-0.4, -0.2) is 31.0 Å². The summed E-state index contributed by atoms with van der Waals surface area (Å²) in [5, 5.41) is 11.4. The van der Waals surface area contributed by atoms with E-state index in [0.717, 1.165) is 5.56 Å². The summed E-state index contributed by atoms with van der Waals surface area (Å²) >= 11 is 0. The van der Waals surface area contributed by atoms with Crippen LogP contribution in [0.3, 0.4) is 0 Å². The Morgan fingerprint density at radius 3 is 2.53 bits per heavy atom. The first-order valence-corrected chi connectivity index (χ1v) is 4.98. The van der Waals surface area contributed by atoms with E-state index in [-0.39, 0.29) is 0 Å². The van der Waals surface area contributed by atoms with Gasteiger partial charge in [-0.1, -0.05) is 0 Å². The highest BCUT2D eigenvalue weighted by Gasteiger charge is 2.37. The number of benzene rings is 1. The van der Waals surface area contributed by atoms with Crippen molar-refractivity contribution in [3.63, 3.8) is 0 Å². The van der Waals surface area contributed by atoms with Crippen molar-refractivity contribution in [3.8, 4) is 5.75 Å². The Labute approximate surface area is 97.2 Å². The van der Waals surface area contributed by atoms with E-state index in [2.05, 4.69) is 5.32 Å². The smallest absolute Gasteiger partial charge is 0.416 e. The van der Waals surface area contributed by atoms with Gasteiger partial charge in [0.05, 0.1) is 7.11 Å². The number of anilines is 1. The van der Waals surface area contributed by atoms with Crippen LogP contribution in [0.2, 0.25) is 0 Å². The first-order valence-electron chi connectivity index (χ1n) is 4.98. The zero-order valence-corrected chi connectivity index (χ0v) is 9.51. The van der Waals surface area contributed by atoms with Gasteiger partial charge < -0.3 is 15.2 Å². The highest BCUT2D eigenvalue weighted by molar-refractivity contribution is 5.53. The molecular weight excluding hydrogens is 235 g/mol. The summed E-state index contributed by atoms with van der Waals surface area (Å²) in [5.74, 6) is 0.629.